The fourth-order valence-electron chi connectivity index (χ4n) is 5.99. The van der Waals surface area contributed by atoms with Crippen molar-refractivity contribution in [2.24, 2.45) is 0 Å². The first-order valence-corrected chi connectivity index (χ1v) is 14.2. The van der Waals surface area contributed by atoms with Crippen molar-refractivity contribution in [2.45, 2.75) is 70.1 Å². The van der Waals surface area contributed by atoms with Crippen molar-refractivity contribution in [1.82, 2.24) is 10.3 Å². The number of amides is 2. The molecule has 2 heterocycles. The van der Waals surface area contributed by atoms with E-state index in [1.54, 1.807) is 24.5 Å². The van der Waals surface area contributed by atoms with Crippen molar-refractivity contribution < 1.29 is 19.1 Å². The summed E-state index contributed by atoms with van der Waals surface area (Å²) < 4.78 is 6.05. The molecule has 6 rings (SSSR count). The van der Waals surface area contributed by atoms with Crippen LogP contribution in [-0.4, -0.2) is 28.0 Å². The van der Waals surface area contributed by atoms with Crippen LogP contribution in [0.1, 0.15) is 83.4 Å². The summed E-state index contributed by atoms with van der Waals surface area (Å²) in [6.07, 6.45) is 5.60. The van der Waals surface area contributed by atoms with Crippen molar-refractivity contribution in [3.05, 3.63) is 118 Å². The minimum Gasteiger partial charge on any atom is -0.456 e. The Labute approximate surface area is 240 Å². The molecule has 0 aliphatic heterocycles. The van der Waals surface area contributed by atoms with Gasteiger partial charge in [-0.25, -0.2) is 0 Å². The number of aliphatic hydroxyl groups excluding tert-OH is 1. The lowest BCUT2D eigenvalue weighted by Gasteiger charge is -2.32. The summed E-state index contributed by atoms with van der Waals surface area (Å²) in [4.78, 5) is 34.4. The van der Waals surface area contributed by atoms with Gasteiger partial charge in [0.1, 0.15) is 11.8 Å². The number of pyridine rings is 1. The van der Waals surface area contributed by atoms with Gasteiger partial charge in [-0.1, -0.05) is 63.2 Å². The second-order valence-corrected chi connectivity index (χ2v) is 12.0. The summed E-state index contributed by atoms with van der Waals surface area (Å²) in [6, 6.07) is 19.2. The minimum absolute atomic E-state index is 0.0820. The number of fused-ring (bicyclic) bond motifs is 2. The summed E-state index contributed by atoms with van der Waals surface area (Å²) in [7, 11) is 0. The highest BCUT2D eigenvalue weighted by atomic mass is 16.4. The number of nitrogens with one attached hydrogen (secondary N) is 1. The van der Waals surface area contributed by atoms with E-state index in [4.69, 9.17) is 4.42 Å². The molecule has 41 heavy (non-hydrogen) atoms. The molecule has 210 valence electrons. The monoisotopic (exact) mass is 549 g/mol. The maximum Gasteiger partial charge on any atom is 0.295 e. The SMILES string of the molecule is CC(C)(C)c1ccc(N(C(=O)c2cc3c(o2)CCC3)C(C(=O)N[C@@H]2c3ccccc3C[C@@H]2O)c2cccnc2)cc1. The summed E-state index contributed by atoms with van der Waals surface area (Å²) >= 11 is 0. The van der Waals surface area contributed by atoms with Crippen LogP contribution in [0.5, 0.6) is 0 Å². The Morgan fingerprint density at radius 1 is 1.02 bits per heavy atom. The third-order valence-corrected chi connectivity index (χ3v) is 8.20. The number of carbonyl (C=O) groups excluding carboxylic acids is 2. The van der Waals surface area contributed by atoms with Gasteiger partial charge in [0.15, 0.2) is 5.76 Å². The Hall–Kier alpha value is -4.23. The number of hydrogen-bond acceptors (Lipinski definition) is 5. The van der Waals surface area contributed by atoms with Gasteiger partial charge in [0.05, 0.1) is 12.1 Å². The molecule has 3 atom stereocenters. The molecule has 2 aromatic carbocycles. The van der Waals surface area contributed by atoms with Gasteiger partial charge < -0.3 is 14.8 Å². The van der Waals surface area contributed by atoms with Gasteiger partial charge in [0.2, 0.25) is 5.91 Å². The maximum atomic E-state index is 14.3. The van der Waals surface area contributed by atoms with E-state index in [1.165, 1.54) is 4.90 Å². The lowest BCUT2D eigenvalue weighted by Crippen LogP contribution is -2.46. The van der Waals surface area contributed by atoms with Crippen LogP contribution < -0.4 is 10.2 Å². The predicted octanol–water partition coefficient (Wildman–Crippen LogP) is 5.62. The predicted molar refractivity (Wildman–Crippen MR) is 157 cm³/mol. The number of nitrogens with zero attached hydrogens (tertiary/aromatic N) is 2. The first-order chi connectivity index (χ1) is 19.7. The first kappa shape index (κ1) is 27.0. The van der Waals surface area contributed by atoms with Crippen LogP contribution in [0.25, 0.3) is 0 Å². The second kappa shape index (κ2) is 10.6. The molecule has 0 fully saturated rings. The van der Waals surface area contributed by atoms with Crippen LogP contribution in [0.15, 0.2) is 83.5 Å². The summed E-state index contributed by atoms with van der Waals surface area (Å²) in [6.45, 7) is 6.39. The molecule has 2 aliphatic carbocycles. The van der Waals surface area contributed by atoms with Crippen LogP contribution >= 0.6 is 0 Å². The zero-order valence-corrected chi connectivity index (χ0v) is 23.6. The molecule has 4 aromatic rings. The quantitative estimate of drug-likeness (QED) is 0.325. The molecule has 2 N–H and O–H groups in total. The minimum atomic E-state index is -1.06. The van der Waals surface area contributed by atoms with Crippen molar-refractivity contribution in [1.29, 1.82) is 0 Å². The van der Waals surface area contributed by atoms with E-state index < -0.39 is 30.0 Å². The normalized spacial score (nSPS) is 18.4. The molecule has 0 saturated carbocycles. The molecule has 2 amide bonds. The van der Waals surface area contributed by atoms with Crippen LogP contribution in [0.3, 0.4) is 0 Å². The molecule has 7 heteroatoms. The number of aromatic nitrogens is 1. The number of hydrogen-bond donors (Lipinski definition) is 2. The van der Waals surface area contributed by atoms with Gasteiger partial charge in [-0.2, -0.15) is 0 Å². The van der Waals surface area contributed by atoms with Crippen LogP contribution in [0, 0.1) is 0 Å². The molecule has 0 saturated heterocycles. The lowest BCUT2D eigenvalue weighted by molar-refractivity contribution is -0.124. The van der Waals surface area contributed by atoms with Gasteiger partial charge in [-0.3, -0.25) is 19.5 Å². The summed E-state index contributed by atoms with van der Waals surface area (Å²) in [5.74, 6) is 0.234. The van der Waals surface area contributed by atoms with Crippen molar-refractivity contribution in [3.8, 4) is 0 Å². The molecule has 2 aromatic heterocycles. The maximum absolute atomic E-state index is 14.3. The highest BCUT2D eigenvalue weighted by Crippen LogP contribution is 2.36. The molecular formula is C34H35N3O4. The van der Waals surface area contributed by atoms with Crippen molar-refractivity contribution in [2.75, 3.05) is 4.90 Å². The first-order valence-electron chi connectivity index (χ1n) is 14.2. The van der Waals surface area contributed by atoms with Crippen molar-refractivity contribution >= 4 is 17.5 Å². The number of benzene rings is 2. The molecule has 0 radical (unpaired) electrons. The highest BCUT2D eigenvalue weighted by molar-refractivity contribution is 6.09. The number of aryl methyl sites for hydroxylation is 2. The van der Waals surface area contributed by atoms with E-state index in [0.29, 0.717) is 17.7 Å². The van der Waals surface area contributed by atoms with Crippen LogP contribution in [0.4, 0.5) is 5.69 Å². The summed E-state index contributed by atoms with van der Waals surface area (Å²) in [5.41, 5.74) is 5.07. The Bertz CT molecular complexity index is 1550. The fraction of sp³-hybridized carbons (Fsp3) is 0.324. The third kappa shape index (κ3) is 5.18. The van der Waals surface area contributed by atoms with E-state index in [1.807, 2.05) is 54.6 Å². The Kier molecular flexibility index (Phi) is 6.99. The van der Waals surface area contributed by atoms with Crippen LogP contribution in [-0.2, 0) is 29.5 Å². The average molecular weight is 550 g/mol. The van der Waals surface area contributed by atoms with Gasteiger partial charge in [-0.15, -0.1) is 0 Å². The number of carbonyl (C=O) groups is 2. The molecule has 0 spiro atoms. The van der Waals surface area contributed by atoms with E-state index in [-0.39, 0.29) is 11.2 Å². The number of furan rings is 1. The zero-order valence-electron chi connectivity index (χ0n) is 23.6. The Balaban J connectivity index is 1.44. The van der Waals surface area contributed by atoms with Gasteiger partial charge in [0, 0.05) is 36.5 Å². The van der Waals surface area contributed by atoms with Gasteiger partial charge in [-0.05, 0) is 64.8 Å². The lowest BCUT2D eigenvalue weighted by atomic mass is 9.87. The van der Waals surface area contributed by atoms with Gasteiger partial charge in [0.25, 0.3) is 5.91 Å². The van der Waals surface area contributed by atoms with E-state index in [0.717, 1.165) is 47.3 Å². The summed E-state index contributed by atoms with van der Waals surface area (Å²) in [5, 5.41) is 14.0. The highest BCUT2D eigenvalue weighted by Gasteiger charge is 2.39. The Morgan fingerprint density at radius 2 is 1.80 bits per heavy atom. The average Bonchev–Trinajstić information content (AvgIpc) is 3.65. The second-order valence-electron chi connectivity index (χ2n) is 12.0. The smallest absolute Gasteiger partial charge is 0.295 e. The molecule has 2 aliphatic rings. The van der Waals surface area contributed by atoms with Crippen LogP contribution in [0.2, 0.25) is 0 Å². The Morgan fingerprint density at radius 3 is 2.51 bits per heavy atom. The molecule has 1 unspecified atom stereocenters. The largest absolute Gasteiger partial charge is 0.456 e. The van der Waals surface area contributed by atoms with E-state index in [9.17, 15) is 14.7 Å². The van der Waals surface area contributed by atoms with E-state index >= 15 is 0 Å². The van der Waals surface area contributed by atoms with Crippen molar-refractivity contribution in [3.63, 3.8) is 0 Å². The third-order valence-electron chi connectivity index (χ3n) is 8.20. The molecular weight excluding hydrogens is 514 g/mol. The number of aliphatic hydroxyl groups is 1. The number of anilines is 1. The molecule has 7 nitrogen and oxygen atoms in total. The zero-order chi connectivity index (χ0) is 28.7. The topological polar surface area (TPSA) is 95.7 Å². The van der Waals surface area contributed by atoms with Gasteiger partial charge >= 0.3 is 0 Å². The number of rotatable bonds is 6. The molecule has 0 bridgehead atoms. The fourth-order valence-corrected chi connectivity index (χ4v) is 5.99. The standard InChI is InChI=1S/C34H35N3O4/c1-34(2,3)24-13-15-25(16-14-24)37(33(40)29-19-22-9-6-12-28(22)41-29)31(23-10-7-17-35-20-23)32(39)36-30-26-11-5-4-8-21(26)18-27(30)38/h4-5,7-8,10-11,13-17,19-20,27,30-31,38H,6,9,12,18H2,1-3H3,(H,36,39)/t27-,30+,31?/m0/s1. The van der Waals surface area contributed by atoms with E-state index in [2.05, 4.69) is 31.1 Å².